The molecule has 96 valence electrons. The lowest BCUT2D eigenvalue weighted by Crippen LogP contribution is -2.33. The zero-order chi connectivity index (χ0) is 12.3. The van der Waals surface area contributed by atoms with Crippen molar-refractivity contribution in [1.29, 1.82) is 0 Å². The number of nitrogens with one attached hydrogen (secondary N) is 2. The van der Waals surface area contributed by atoms with E-state index < -0.39 is 10.0 Å². The molecule has 17 heavy (non-hydrogen) atoms. The highest BCUT2D eigenvalue weighted by atomic mass is 32.2. The monoisotopic (exact) mass is 259 g/mol. The fourth-order valence-corrected chi connectivity index (χ4v) is 2.89. The first-order valence-electron chi connectivity index (χ1n) is 5.67. The largest absolute Gasteiger partial charge is 0.381 e. The van der Waals surface area contributed by atoms with E-state index in [1.807, 2.05) is 0 Å². The molecule has 0 spiro atoms. The molecule has 0 bridgehead atoms. The van der Waals surface area contributed by atoms with Crippen molar-refractivity contribution in [2.24, 2.45) is 5.92 Å². The summed E-state index contributed by atoms with van der Waals surface area (Å²) in [6.07, 6.45) is 3.33. The lowest BCUT2D eigenvalue weighted by Gasteiger charge is -2.21. The molecule has 2 N–H and O–H groups in total. The normalized spacial score (nSPS) is 21.6. The van der Waals surface area contributed by atoms with E-state index in [1.165, 1.54) is 6.20 Å². The molecule has 2 heterocycles. The van der Waals surface area contributed by atoms with E-state index in [0.717, 1.165) is 19.4 Å². The zero-order valence-electron chi connectivity index (χ0n) is 9.77. The quantitative estimate of drug-likeness (QED) is 0.821. The molecule has 1 aromatic heterocycles. The average Bonchev–Trinajstić information content (AvgIpc) is 2.76. The van der Waals surface area contributed by atoms with Crippen LogP contribution in [-0.4, -0.2) is 38.1 Å². The lowest BCUT2D eigenvalue weighted by molar-refractivity contribution is 0.0568. The number of aromatic nitrogens is 2. The van der Waals surface area contributed by atoms with E-state index in [0.29, 0.717) is 19.0 Å². The van der Waals surface area contributed by atoms with Crippen LogP contribution in [0.4, 0.5) is 0 Å². The van der Waals surface area contributed by atoms with E-state index in [2.05, 4.69) is 14.7 Å². The van der Waals surface area contributed by atoms with Crippen molar-refractivity contribution in [2.45, 2.75) is 24.8 Å². The molecule has 1 atom stereocenters. The summed E-state index contributed by atoms with van der Waals surface area (Å²) < 4.78 is 31.6. The molecule has 1 aliphatic rings. The number of hydrogen-bond donors (Lipinski definition) is 2. The minimum atomic E-state index is -3.46. The molecular weight excluding hydrogens is 242 g/mol. The fourth-order valence-electron chi connectivity index (χ4n) is 1.81. The Bertz CT molecular complexity index is 463. The highest BCUT2D eigenvalue weighted by Gasteiger charge is 2.20. The number of rotatable bonds is 4. The van der Waals surface area contributed by atoms with Crippen LogP contribution in [0.2, 0.25) is 0 Å². The molecule has 1 unspecified atom stereocenters. The van der Waals surface area contributed by atoms with Crippen LogP contribution in [0, 0.1) is 12.8 Å². The molecule has 2 rings (SSSR count). The summed E-state index contributed by atoms with van der Waals surface area (Å²) in [5, 5.41) is 0.117. The number of aromatic amines is 1. The van der Waals surface area contributed by atoms with Gasteiger partial charge in [0.1, 0.15) is 5.82 Å². The van der Waals surface area contributed by atoms with Crippen LogP contribution in [0.1, 0.15) is 18.7 Å². The summed E-state index contributed by atoms with van der Waals surface area (Å²) in [4.78, 5) is 6.59. The molecular formula is C10H17N3O3S. The molecule has 7 heteroatoms. The predicted octanol–water partition coefficient (Wildman–Crippen LogP) is 0.423. The molecule has 0 radical (unpaired) electrons. The van der Waals surface area contributed by atoms with E-state index in [-0.39, 0.29) is 10.9 Å². The van der Waals surface area contributed by atoms with E-state index in [9.17, 15) is 8.42 Å². The van der Waals surface area contributed by atoms with Gasteiger partial charge in [-0.2, -0.15) is 0 Å². The van der Waals surface area contributed by atoms with Crippen LogP contribution in [0.3, 0.4) is 0 Å². The van der Waals surface area contributed by atoms with Crippen molar-refractivity contribution >= 4 is 10.0 Å². The van der Waals surface area contributed by atoms with Crippen molar-refractivity contribution in [3.05, 3.63) is 12.0 Å². The number of imidazole rings is 1. The van der Waals surface area contributed by atoms with Crippen LogP contribution in [0.15, 0.2) is 11.2 Å². The van der Waals surface area contributed by atoms with Gasteiger partial charge in [0.25, 0.3) is 10.0 Å². The second kappa shape index (κ2) is 5.16. The first kappa shape index (κ1) is 12.5. The summed E-state index contributed by atoms with van der Waals surface area (Å²) in [5.74, 6) is 0.855. The van der Waals surface area contributed by atoms with Crippen LogP contribution >= 0.6 is 0 Å². The van der Waals surface area contributed by atoms with Gasteiger partial charge in [-0.1, -0.05) is 0 Å². The van der Waals surface area contributed by atoms with E-state index >= 15 is 0 Å². The number of nitrogens with zero attached hydrogens (tertiary/aromatic N) is 1. The van der Waals surface area contributed by atoms with Crippen molar-refractivity contribution in [3.63, 3.8) is 0 Å². The molecule has 0 aliphatic carbocycles. The maximum Gasteiger partial charge on any atom is 0.257 e. The second-order valence-electron chi connectivity index (χ2n) is 4.27. The Morgan fingerprint density at radius 3 is 3.06 bits per heavy atom. The van der Waals surface area contributed by atoms with Gasteiger partial charge in [-0.3, -0.25) is 0 Å². The Hall–Kier alpha value is -0.920. The molecule has 1 fully saturated rings. The summed E-state index contributed by atoms with van der Waals surface area (Å²) in [6.45, 7) is 3.54. The third kappa shape index (κ3) is 3.27. The van der Waals surface area contributed by atoms with Crippen LogP contribution in [0.5, 0.6) is 0 Å². The lowest BCUT2D eigenvalue weighted by atomic mass is 10.0. The van der Waals surface area contributed by atoms with Gasteiger partial charge in [0.05, 0.1) is 12.8 Å². The molecule has 1 aliphatic heterocycles. The maximum atomic E-state index is 11.9. The Morgan fingerprint density at radius 2 is 2.47 bits per heavy atom. The summed E-state index contributed by atoms with van der Waals surface area (Å²) in [7, 11) is -3.46. The van der Waals surface area contributed by atoms with Crippen LogP contribution < -0.4 is 4.72 Å². The van der Waals surface area contributed by atoms with Crippen molar-refractivity contribution in [1.82, 2.24) is 14.7 Å². The Labute approximate surface area is 101 Å². The van der Waals surface area contributed by atoms with Gasteiger partial charge in [0, 0.05) is 13.2 Å². The van der Waals surface area contributed by atoms with Crippen molar-refractivity contribution in [2.75, 3.05) is 19.8 Å². The summed E-state index contributed by atoms with van der Waals surface area (Å²) in [5.41, 5.74) is 0. The van der Waals surface area contributed by atoms with Gasteiger partial charge in [-0.15, -0.1) is 0 Å². The van der Waals surface area contributed by atoms with Crippen LogP contribution in [-0.2, 0) is 14.8 Å². The van der Waals surface area contributed by atoms with Gasteiger partial charge >= 0.3 is 0 Å². The SMILES string of the molecule is Cc1ncc(S(=O)(=O)NCC2CCCOC2)[nH]1. The number of sulfonamides is 1. The predicted molar refractivity (Wildman–Crippen MR) is 62.1 cm³/mol. The Kier molecular flexibility index (Phi) is 3.80. The molecule has 1 saturated heterocycles. The second-order valence-corrected chi connectivity index (χ2v) is 6.00. The minimum Gasteiger partial charge on any atom is -0.381 e. The smallest absolute Gasteiger partial charge is 0.257 e. The maximum absolute atomic E-state index is 11.9. The molecule has 6 nitrogen and oxygen atoms in total. The van der Waals surface area contributed by atoms with E-state index in [4.69, 9.17) is 4.74 Å². The third-order valence-electron chi connectivity index (χ3n) is 2.79. The third-order valence-corrected chi connectivity index (χ3v) is 4.12. The number of aryl methyl sites for hydroxylation is 1. The Balaban J connectivity index is 1.93. The molecule has 0 aromatic carbocycles. The molecule has 0 amide bonds. The first-order chi connectivity index (χ1) is 8.08. The highest BCUT2D eigenvalue weighted by Crippen LogP contribution is 2.13. The van der Waals surface area contributed by atoms with Gasteiger partial charge in [-0.25, -0.2) is 18.1 Å². The standard InChI is InChI=1S/C10H17N3O3S/c1-8-11-6-10(13-8)17(14,15)12-5-9-3-2-4-16-7-9/h6,9,12H,2-5,7H2,1H3,(H,11,13). The number of hydrogen-bond acceptors (Lipinski definition) is 4. The van der Waals surface area contributed by atoms with Gasteiger partial charge in [0.15, 0.2) is 5.03 Å². The van der Waals surface area contributed by atoms with Gasteiger partial charge in [-0.05, 0) is 25.7 Å². The number of ether oxygens (including phenoxy) is 1. The topological polar surface area (TPSA) is 84.1 Å². The molecule has 1 aromatic rings. The average molecular weight is 259 g/mol. The number of H-pyrrole nitrogens is 1. The zero-order valence-corrected chi connectivity index (χ0v) is 10.6. The van der Waals surface area contributed by atoms with Crippen LogP contribution in [0.25, 0.3) is 0 Å². The minimum absolute atomic E-state index is 0.117. The molecule has 0 saturated carbocycles. The van der Waals surface area contributed by atoms with Crippen molar-refractivity contribution < 1.29 is 13.2 Å². The fraction of sp³-hybridized carbons (Fsp3) is 0.700. The summed E-state index contributed by atoms with van der Waals surface area (Å²) >= 11 is 0. The first-order valence-corrected chi connectivity index (χ1v) is 7.15. The van der Waals surface area contributed by atoms with Gasteiger partial charge < -0.3 is 9.72 Å². The summed E-state index contributed by atoms with van der Waals surface area (Å²) in [6, 6.07) is 0. The van der Waals surface area contributed by atoms with Gasteiger partial charge in [0.2, 0.25) is 0 Å². The van der Waals surface area contributed by atoms with Crippen molar-refractivity contribution in [3.8, 4) is 0 Å². The highest BCUT2D eigenvalue weighted by molar-refractivity contribution is 7.89. The Morgan fingerprint density at radius 1 is 1.65 bits per heavy atom. The van der Waals surface area contributed by atoms with E-state index in [1.54, 1.807) is 6.92 Å².